The first-order chi connectivity index (χ1) is 13.3. The van der Waals surface area contributed by atoms with Gasteiger partial charge in [0.1, 0.15) is 12.4 Å². The average Bonchev–Trinajstić information content (AvgIpc) is 3.08. The summed E-state index contributed by atoms with van der Waals surface area (Å²) in [5, 5.41) is 2.28. The molecule has 3 rings (SSSR count). The van der Waals surface area contributed by atoms with Gasteiger partial charge in [-0.2, -0.15) is 0 Å². The lowest BCUT2D eigenvalue weighted by atomic mass is 10.3. The number of benzene rings is 1. The molecule has 0 fully saturated rings. The number of carbonyl (C=O) groups excluding carboxylic acids is 2. The van der Waals surface area contributed by atoms with E-state index in [9.17, 15) is 23.6 Å². The second-order valence-corrected chi connectivity index (χ2v) is 5.94. The number of hydrogen-bond acceptors (Lipinski definition) is 6. The van der Waals surface area contributed by atoms with E-state index in [2.05, 4.69) is 10.3 Å². The molecule has 0 bridgehead atoms. The number of esters is 1. The number of fused-ring (bicyclic) bond motifs is 1. The van der Waals surface area contributed by atoms with E-state index in [4.69, 9.17) is 4.74 Å². The number of imidazole rings is 1. The van der Waals surface area contributed by atoms with Crippen LogP contribution in [0.15, 0.2) is 40.2 Å². The molecule has 3 aromatic rings. The summed E-state index contributed by atoms with van der Waals surface area (Å²) >= 11 is 0. The summed E-state index contributed by atoms with van der Waals surface area (Å²) in [5.74, 6) is -2.14. The quantitative estimate of drug-likeness (QED) is 0.602. The molecule has 0 unspecified atom stereocenters. The van der Waals surface area contributed by atoms with Crippen LogP contribution in [0.1, 0.15) is 0 Å². The van der Waals surface area contributed by atoms with E-state index in [0.717, 1.165) is 4.57 Å². The van der Waals surface area contributed by atoms with Gasteiger partial charge in [0.2, 0.25) is 0 Å². The number of para-hydroxylation sites is 1. The number of rotatable bonds is 5. The third-order valence-electron chi connectivity index (χ3n) is 4.03. The summed E-state index contributed by atoms with van der Waals surface area (Å²) < 4.78 is 21.7. The maximum atomic E-state index is 13.5. The highest BCUT2D eigenvalue weighted by Crippen LogP contribution is 2.12. The Morgan fingerprint density at radius 2 is 1.89 bits per heavy atom. The molecule has 0 aliphatic rings. The van der Waals surface area contributed by atoms with Gasteiger partial charge >= 0.3 is 11.7 Å². The second kappa shape index (κ2) is 7.47. The van der Waals surface area contributed by atoms with Crippen molar-refractivity contribution in [2.24, 2.45) is 14.1 Å². The largest absolute Gasteiger partial charge is 0.454 e. The monoisotopic (exact) mass is 389 g/mol. The Hall–Kier alpha value is -3.76. The number of aryl methyl sites for hydroxylation is 1. The average molecular weight is 389 g/mol. The predicted molar refractivity (Wildman–Crippen MR) is 96.2 cm³/mol. The molecule has 0 saturated carbocycles. The SMILES string of the molecule is Cn1c(=O)c2c(ncn2CC(=O)OCC(=O)Nc2ccccc2F)n(C)c1=O. The van der Waals surface area contributed by atoms with Gasteiger partial charge in [-0.25, -0.2) is 14.2 Å². The third kappa shape index (κ3) is 3.54. The first kappa shape index (κ1) is 19.0. The van der Waals surface area contributed by atoms with Crippen LogP contribution < -0.4 is 16.6 Å². The lowest BCUT2D eigenvalue weighted by Crippen LogP contribution is -2.37. The van der Waals surface area contributed by atoms with Gasteiger partial charge in [0.05, 0.1) is 12.0 Å². The Morgan fingerprint density at radius 3 is 2.61 bits per heavy atom. The molecule has 0 saturated heterocycles. The molecule has 0 aliphatic carbocycles. The fraction of sp³-hybridized carbons (Fsp3) is 0.235. The van der Waals surface area contributed by atoms with Crippen LogP contribution in [0, 0.1) is 5.82 Å². The van der Waals surface area contributed by atoms with E-state index in [1.54, 1.807) is 6.07 Å². The molecule has 1 N–H and O–H groups in total. The molecule has 28 heavy (non-hydrogen) atoms. The minimum absolute atomic E-state index is 0.0337. The normalized spacial score (nSPS) is 10.8. The molecule has 0 aliphatic heterocycles. The number of hydrogen-bond donors (Lipinski definition) is 1. The molecule has 146 valence electrons. The maximum Gasteiger partial charge on any atom is 0.332 e. The van der Waals surface area contributed by atoms with Crippen molar-refractivity contribution in [1.82, 2.24) is 18.7 Å². The number of aromatic nitrogens is 4. The van der Waals surface area contributed by atoms with E-state index >= 15 is 0 Å². The molecule has 0 radical (unpaired) electrons. The standard InChI is InChI=1S/C17H16FN5O5/c1-21-15-14(16(26)22(2)17(21)27)23(9-19-15)7-13(25)28-8-12(24)20-11-6-4-3-5-10(11)18/h3-6,9H,7-8H2,1-2H3,(H,20,24). The van der Waals surface area contributed by atoms with Gasteiger partial charge in [-0.1, -0.05) is 12.1 Å². The molecular formula is C17H16FN5O5. The van der Waals surface area contributed by atoms with E-state index in [1.165, 1.54) is 47.8 Å². The Bertz CT molecular complexity index is 1190. The van der Waals surface area contributed by atoms with Crippen LogP contribution in [0.25, 0.3) is 11.2 Å². The third-order valence-corrected chi connectivity index (χ3v) is 4.03. The summed E-state index contributed by atoms with van der Waals surface area (Å²) in [7, 11) is 2.76. The highest BCUT2D eigenvalue weighted by molar-refractivity contribution is 5.92. The van der Waals surface area contributed by atoms with Crippen molar-refractivity contribution < 1.29 is 18.7 Å². The van der Waals surface area contributed by atoms with Gasteiger partial charge in [0.25, 0.3) is 11.5 Å². The summed E-state index contributed by atoms with van der Waals surface area (Å²) in [5.41, 5.74) is -1.01. The van der Waals surface area contributed by atoms with Gasteiger partial charge in [0, 0.05) is 14.1 Å². The molecule has 1 aromatic carbocycles. The van der Waals surface area contributed by atoms with E-state index in [0.29, 0.717) is 0 Å². The fourth-order valence-electron chi connectivity index (χ4n) is 2.60. The number of nitrogens with zero attached hydrogens (tertiary/aromatic N) is 4. The zero-order valence-corrected chi connectivity index (χ0v) is 15.0. The Labute approximate surface area is 156 Å². The Morgan fingerprint density at radius 1 is 1.18 bits per heavy atom. The number of halogens is 1. The first-order valence-electron chi connectivity index (χ1n) is 8.10. The zero-order valence-electron chi connectivity index (χ0n) is 15.0. The van der Waals surface area contributed by atoms with Crippen LogP contribution in [0.4, 0.5) is 10.1 Å². The summed E-state index contributed by atoms with van der Waals surface area (Å²) in [6.07, 6.45) is 1.23. The predicted octanol–water partition coefficient (Wildman–Crippen LogP) is -0.245. The number of carbonyl (C=O) groups is 2. The molecule has 0 spiro atoms. The number of nitrogens with one attached hydrogen (secondary N) is 1. The van der Waals surface area contributed by atoms with Gasteiger partial charge in [-0.15, -0.1) is 0 Å². The lowest BCUT2D eigenvalue weighted by molar-refractivity contribution is -0.147. The zero-order chi connectivity index (χ0) is 20.4. The van der Waals surface area contributed by atoms with Gasteiger partial charge in [-0.3, -0.25) is 23.5 Å². The Balaban J connectivity index is 1.69. The van der Waals surface area contributed by atoms with E-state index in [1.807, 2.05) is 0 Å². The molecular weight excluding hydrogens is 373 g/mol. The molecule has 11 heteroatoms. The van der Waals surface area contributed by atoms with Crippen LogP contribution in [-0.2, 0) is 35.0 Å². The van der Waals surface area contributed by atoms with Crippen LogP contribution in [-0.4, -0.2) is 37.2 Å². The maximum absolute atomic E-state index is 13.5. The summed E-state index contributed by atoms with van der Waals surface area (Å²) in [6, 6.07) is 5.57. The smallest absolute Gasteiger partial charge is 0.332 e. The van der Waals surface area contributed by atoms with E-state index < -0.39 is 42.1 Å². The van der Waals surface area contributed by atoms with Gasteiger partial charge < -0.3 is 14.6 Å². The van der Waals surface area contributed by atoms with Gasteiger partial charge in [0.15, 0.2) is 17.8 Å². The topological polar surface area (TPSA) is 117 Å². The van der Waals surface area contributed by atoms with Crippen molar-refractivity contribution >= 4 is 28.7 Å². The highest BCUT2D eigenvalue weighted by atomic mass is 19.1. The van der Waals surface area contributed by atoms with Crippen molar-refractivity contribution in [3.05, 3.63) is 57.2 Å². The second-order valence-electron chi connectivity index (χ2n) is 5.94. The summed E-state index contributed by atoms with van der Waals surface area (Å²) in [4.78, 5) is 52.0. The van der Waals surface area contributed by atoms with E-state index in [-0.39, 0.29) is 16.9 Å². The van der Waals surface area contributed by atoms with Crippen LogP contribution in [0.3, 0.4) is 0 Å². The van der Waals surface area contributed by atoms with Crippen molar-refractivity contribution in [2.45, 2.75) is 6.54 Å². The number of anilines is 1. The highest BCUT2D eigenvalue weighted by Gasteiger charge is 2.17. The van der Waals surface area contributed by atoms with Gasteiger partial charge in [-0.05, 0) is 12.1 Å². The number of amides is 1. The fourth-order valence-corrected chi connectivity index (χ4v) is 2.60. The number of ether oxygens (including phenoxy) is 1. The van der Waals surface area contributed by atoms with Crippen LogP contribution in [0.2, 0.25) is 0 Å². The molecule has 1 amide bonds. The van der Waals surface area contributed by atoms with Crippen molar-refractivity contribution in [2.75, 3.05) is 11.9 Å². The van der Waals surface area contributed by atoms with Crippen LogP contribution in [0.5, 0.6) is 0 Å². The molecule has 10 nitrogen and oxygen atoms in total. The first-order valence-corrected chi connectivity index (χ1v) is 8.10. The van der Waals surface area contributed by atoms with Crippen molar-refractivity contribution in [1.29, 1.82) is 0 Å². The Kier molecular flexibility index (Phi) is 5.07. The molecule has 2 heterocycles. The summed E-state index contributed by atoms with van der Waals surface area (Å²) in [6.45, 7) is -1.02. The lowest BCUT2D eigenvalue weighted by Gasteiger charge is -2.08. The molecule has 0 atom stereocenters. The van der Waals surface area contributed by atoms with Crippen LogP contribution >= 0.6 is 0 Å². The van der Waals surface area contributed by atoms with Crippen molar-refractivity contribution in [3.63, 3.8) is 0 Å². The van der Waals surface area contributed by atoms with Crippen molar-refractivity contribution in [3.8, 4) is 0 Å². The minimum Gasteiger partial charge on any atom is -0.454 e. The molecule has 2 aromatic heterocycles. The minimum atomic E-state index is -0.807.